The van der Waals surface area contributed by atoms with E-state index in [9.17, 15) is 4.79 Å². The Bertz CT molecular complexity index is 534. The monoisotopic (exact) mass is 293 g/mol. The van der Waals surface area contributed by atoms with E-state index in [0.29, 0.717) is 24.8 Å². The molecule has 2 aliphatic rings. The number of hydrogen-bond donors (Lipinski definition) is 0. The van der Waals surface area contributed by atoms with Crippen LogP contribution in [0.25, 0.3) is 0 Å². The molecule has 0 radical (unpaired) electrons. The first kappa shape index (κ1) is 14.5. The van der Waals surface area contributed by atoms with Crippen molar-refractivity contribution in [1.82, 2.24) is 15.0 Å². The Balaban J connectivity index is 1.78. The number of carbonyl (C=O) groups excluding carboxylic acids is 1. The molecule has 3 rings (SSSR count). The minimum Gasteiger partial charge on any atom is -0.461 e. The highest BCUT2D eigenvalue weighted by Gasteiger charge is 2.37. The van der Waals surface area contributed by atoms with Crippen LogP contribution in [0.5, 0.6) is 0 Å². The number of rotatable bonds is 5. The molecule has 116 valence electrons. The Labute approximate surface area is 124 Å². The van der Waals surface area contributed by atoms with Crippen LogP contribution < -0.4 is 0 Å². The average Bonchev–Trinajstić information content (AvgIpc) is 3.08. The van der Waals surface area contributed by atoms with Gasteiger partial charge in [-0.15, -0.1) is 5.10 Å². The Hall–Kier alpha value is -1.43. The lowest BCUT2D eigenvalue weighted by molar-refractivity contribution is -0.0234. The van der Waals surface area contributed by atoms with Gasteiger partial charge in [0.1, 0.15) is 0 Å². The van der Waals surface area contributed by atoms with Gasteiger partial charge in [-0.3, -0.25) is 0 Å². The minimum atomic E-state index is -0.363. The van der Waals surface area contributed by atoms with Crippen LogP contribution in [-0.2, 0) is 16.0 Å². The summed E-state index contributed by atoms with van der Waals surface area (Å²) >= 11 is 0. The van der Waals surface area contributed by atoms with Crippen molar-refractivity contribution in [1.29, 1.82) is 0 Å². The fourth-order valence-corrected chi connectivity index (χ4v) is 2.96. The maximum absolute atomic E-state index is 12.0. The molecule has 0 spiro atoms. The lowest BCUT2D eigenvalue weighted by Gasteiger charge is -2.19. The quantitative estimate of drug-likeness (QED) is 0.779. The fourth-order valence-electron chi connectivity index (χ4n) is 2.96. The van der Waals surface area contributed by atoms with Crippen molar-refractivity contribution >= 4 is 5.97 Å². The molecule has 6 heteroatoms. The van der Waals surface area contributed by atoms with Crippen LogP contribution in [0.4, 0.5) is 0 Å². The molecule has 1 saturated heterocycles. The molecule has 1 aliphatic carbocycles. The molecule has 1 aromatic heterocycles. The van der Waals surface area contributed by atoms with Gasteiger partial charge in [-0.05, 0) is 46.5 Å². The summed E-state index contributed by atoms with van der Waals surface area (Å²) < 4.78 is 13.0. The highest BCUT2D eigenvalue weighted by molar-refractivity contribution is 5.88. The first-order valence-corrected chi connectivity index (χ1v) is 7.78. The molecular formula is C15H23N3O3. The predicted octanol–water partition coefficient (Wildman–Crippen LogP) is 2.29. The third-order valence-corrected chi connectivity index (χ3v) is 4.14. The van der Waals surface area contributed by atoms with Gasteiger partial charge in [-0.2, -0.15) is 0 Å². The molecule has 2 fully saturated rings. The van der Waals surface area contributed by atoms with Gasteiger partial charge in [-0.25, -0.2) is 9.48 Å². The van der Waals surface area contributed by atoms with Crippen molar-refractivity contribution in [3.63, 3.8) is 0 Å². The first-order chi connectivity index (χ1) is 10.00. The molecule has 1 unspecified atom stereocenters. The van der Waals surface area contributed by atoms with E-state index in [1.54, 1.807) is 6.92 Å². The van der Waals surface area contributed by atoms with E-state index in [1.807, 2.05) is 4.68 Å². The van der Waals surface area contributed by atoms with Crippen molar-refractivity contribution in [2.24, 2.45) is 0 Å². The summed E-state index contributed by atoms with van der Waals surface area (Å²) in [6, 6.07) is 0. The largest absolute Gasteiger partial charge is 0.461 e. The normalized spacial score (nSPS) is 24.2. The third kappa shape index (κ3) is 3.10. The number of nitrogens with zero attached hydrogens (tertiary/aromatic N) is 3. The molecule has 0 aromatic carbocycles. The summed E-state index contributed by atoms with van der Waals surface area (Å²) in [7, 11) is 0. The molecule has 21 heavy (non-hydrogen) atoms. The zero-order valence-electron chi connectivity index (χ0n) is 13.0. The Kier molecular flexibility index (Phi) is 3.73. The number of hydrogen-bond acceptors (Lipinski definition) is 5. The molecule has 0 amide bonds. The first-order valence-electron chi connectivity index (χ1n) is 7.78. The van der Waals surface area contributed by atoms with Crippen LogP contribution in [0.3, 0.4) is 0 Å². The van der Waals surface area contributed by atoms with Crippen molar-refractivity contribution in [3.05, 3.63) is 11.4 Å². The molecule has 1 aromatic rings. The van der Waals surface area contributed by atoms with Crippen LogP contribution in [0.2, 0.25) is 0 Å². The van der Waals surface area contributed by atoms with Crippen molar-refractivity contribution in [3.8, 4) is 0 Å². The predicted molar refractivity (Wildman–Crippen MR) is 76.1 cm³/mol. The van der Waals surface area contributed by atoms with Crippen molar-refractivity contribution < 1.29 is 14.3 Å². The summed E-state index contributed by atoms with van der Waals surface area (Å²) in [6.45, 7) is 7.05. The van der Waals surface area contributed by atoms with E-state index in [0.717, 1.165) is 31.4 Å². The maximum Gasteiger partial charge on any atom is 0.360 e. The minimum absolute atomic E-state index is 0.0606. The zero-order valence-corrected chi connectivity index (χ0v) is 13.0. The fraction of sp³-hybridized carbons (Fsp3) is 0.800. The van der Waals surface area contributed by atoms with E-state index in [1.165, 1.54) is 0 Å². The molecule has 2 heterocycles. The Morgan fingerprint density at radius 3 is 2.76 bits per heavy atom. The zero-order chi connectivity index (χ0) is 15.0. The second kappa shape index (κ2) is 5.40. The van der Waals surface area contributed by atoms with Crippen molar-refractivity contribution in [2.45, 2.75) is 70.6 Å². The molecule has 1 atom stereocenters. The van der Waals surface area contributed by atoms with Crippen LogP contribution in [0.15, 0.2) is 0 Å². The second-order valence-electron chi connectivity index (χ2n) is 6.54. The smallest absolute Gasteiger partial charge is 0.360 e. The van der Waals surface area contributed by atoms with Gasteiger partial charge in [-0.1, -0.05) is 5.21 Å². The van der Waals surface area contributed by atoms with E-state index in [-0.39, 0.29) is 17.7 Å². The van der Waals surface area contributed by atoms with E-state index < -0.39 is 0 Å². The van der Waals surface area contributed by atoms with Crippen LogP contribution >= 0.6 is 0 Å². The van der Waals surface area contributed by atoms with Crippen molar-refractivity contribution in [2.75, 3.05) is 6.61 Å². The molecule has 1 aliphatic heterocycles. The van der Waals surface area contributed by atoms with Gasteiger partial charge < -0.3 is 9.47 Å². The van der Waals surface area contributed by atoms with Gasteiger partial charge >= 0.3 is 5.97 Å². The van der Waals surface area contributed by atoms with Crippen LogP contribution in [0.1, 0.15) is 68.6 Å². The molecular weight excluding hydrogens is 270 g/mol. The maximum atomic E-state index is 12.0. The number of ether oxygens (including phenoxy) is 2. The molecule has 0 bridgehead atoms. The SMILES string of the molecule is CCOC(=O)c1nnn(CC2CCC(C)(C)O2)c1C1CC1. The van der Waals surface area contributed by atoms with E-state index in [4.69, 9.17) is 9.47 Å². The van der Waals surface area contributed by atoms with E-state index >= 15 is 0 Å². The summed E-state index contributed by atoms with van der Waals surface area (Å²) in [4.78, 5) is 12.0. The average molecular weight is 293 g/mol. The summed E-state index contributed by atoms with van der Waals surface area (Å²) in [5.74, 6) is 0.0344. The number of esters is 1. The lowest BCUT2D eigenvalue weighted by atomic mass is 10.1. The van der Waals surface area contributed by atoms with Gasteiger partial charge in [0.2, 0.25) is 0 Å². The summed E-state index contributed by atoms with van der Waals surface area (Å²) in [5.41, 5.74) is 1.26. The van der Waals surface area contributed by atoms with Gasteiger partial charge in [0.05, 0.1) is 30.6 Å². The molecule has 1 saturated carbocycles. The summed E-state index contributed by atoms with van der Waals surface area (Å²) in [5, 5.41) is 8.24. The van der Waals surface area contributed by atoms with Gasteiger partial charge in [0, 0.05) is 5.92 Å². The standard InChI is InChI=1S/C15H23N3O3/c1-4-20-14(19)12-13(10-5-6-10)18(17-16-12)9-11-7-8-15(2,3)21-11/h10-11H,4-9H2,1-3H3. The highest BCUT2D eigenvalue weighted by atomic mass is 16.5. The number of aromatic nitrogens is 3. The van der Waals surface area contributed by atoms with Crippen LogP contribution in [0, 0.1) is 0 Å². The molecule has 0 N–H and O–H groups in total. The van der Waals surface area contributed by atoms with Gasteiger partial charge in [0.25, 0.3) is 0 Å². The Morgan fingerprint density at radius 1 is 1.43 bits per heavy atom. The lowest BCUT2D eigenvalue weighted by Crippen LogP contribution is -2.24. The van der Waals surface area contributed by atoms with Gasteiger partial charge in [0.15, 0.2) is 5.69 Å². The number of carbonyl (C=O) groups is 1. The molecule has 6 nitrogen and oxygen atoms in total. The van der Waals surface area contributed by atoms with E-state index in [2.05, 4.69) is 24.2 Å². The van der Waals surface area contributed by atoms with Crippen LogP contribution in [-0.4, -0.2) is 39.3 Å². The Morgan fingerprint density at radius 2 is 2.19 bits per heavy atom. The summed E-state index contributed by atoms with van der Waals surface area (Å²) in [6.07, 6.45) is 4.41. The second-order valence-corrected chi connectivity index (χ2v) is 6.54. The highest BCUT2D eigenvalue weighted by Crippen LogP contribution is 2.41. The third-order valence-electron chi connectivity index (χ3n) is 4.14. The topological polar surface area (TPSA) is 66.2 Å².